The predicted octanol–water partition coefficient (Wildman–Crippen LogP) is 4.73. The van der Waals surface area contributed by atoms with Crippen molar-refractivity contribution in [2.45, 2.75) is 97.5 Å². The van der Waals surface area contributed by atoms with Gasteiger partial charge in [0.25, 0.3) is 0 Å². The van der Waals surface area contributed by atoms with E-state index in [4.69, 9.17) is 9.47 Å². The van der Waals surface area contributed by atoms with Gasteiger partial charge in [0.1, 0.15) is 5.78 Å². The van der Waals surface area contributed by atoms with Crippen LogP contribution in [0.3, 0.4) is 0 Å². The monoisotopic (exact) mass is 458 g/mol. The molecular weight excluding hydrogens is 420 g/mol. The van der Waals surface area contributed by atoms with Gasteiger partial charge in [-0.15, -0.1) is 0 Å². The van der Waals surface area contributed by atoms with Crippen LogP contribution < -0.4 is 0 Å². The SMILES string of the molecule is CCC(=O)OCC(=O)[C@]1(OC(=O)CC)CC[C@H]2[C@@H]3CC[C@H]4CC(=O)CC[C@]4(C)C3=CC[C@@]21C. The van der Waals surface area contributed by atoms with Crippen LogP contribution in [0.25, 0.3) is 0 Å². The highest BCUT2D eigenvalue weighted by Gasteiger charge is 2.67. The summed E-state index contributed by atoms with van der Waals surface area (Å²) < 4.78 is 11.2. The van der Waals surface area contributed by atoms with Crippen LogP contribution >= 0.6 is 0 Å². The van der Waals surface area contributed by atoms with Crippen LogP contribution in [-0.2, 0) is 28.7 Å². The minimum absolute atomic E-state index is 0.0458. The molecule has 4 rings (SSSR count). The van der Waals surface area contributed by atoms with Crippen molar-refractivity contribution in [1.29, 1.82) is 0 Å². The van der Waals surface area contributed by atoms with Gasteiger partial charge in [0.05, 0.1) is 0 Å². The van der Waals surface area contributed by atoms with Crippen LogP contribution in [0.5, 0.6) is 0 Å². The zero-order valence-corrected chi connectivity index (χ0v) is 20.5. The summed E-state index contributed by atoms with van der Waals surface area (Å²) in [5.74, 6) is 0.249. The molecule has 6 atom stereocenters. The summed E-state index contributed by atoms with van der Waals surface area (Å²) in [6.07, 6.45) is 8.93. The van der Waals surface area contributed by atoms with Crippen LogP contribution in [0.1, 0.15) is 91.9 Å². The molecule has 0 unspecified atom stereocenters. The van der Waals surface area contributed by atoms with E-state index >= 15 is 0 Å². The van der Waals surface area contributed by atoms with Gasteiger partial charge in [-0.25, -0.2) is 0 Å². The number of Topliss-reactive ketones (excluding diaryl/α,β-unsaturated/α-hetero) is 2. The standard InChI is InChI=1S/C27H38O6/c1-5-23(30)32-16-22(29)27(33-24(31)6-2)14-11-21-19-8-7-17-15-18(28)9-12-25(17,3)20(19)10-13-26(21,27)4/h10,17,19,21H,5-9,11-16H2,1-4H3/t17-,19+,21-,25-,26-,27+/m0/s1. The molecule has 0 aromatic heterocycles. The topological polar surface area (TPSA) is 86.7 Å². The molecule has 0 N–H and O–H groups in total. The first-order valence-corrected chi connectivity index (χ1v) is 12.7. The third-order valence-electron chi connectivity index (χ3n) is 9.64. The third-order valence-corrected chi connectivity index (χ3v) is 9.64. The van der Waals surface area contributed by atoms with Crippen molar-refractivity contribution in [3.8, 4) is 0 Å². The molecular formula is C27H38O6. The van der Waals surface area contributed by atoms with Crippen LogP contribution in [-0.4, -0.2) is 35.7 Å². The Morgan fingerprint density at radius 2 is 1.76 bits per heavy atom. The van der Waals surface area contributed by atoms with E-state index in [0.29, 0.717) is 43.3 Å². The second-order valence-corrected chi connectivity index (χ2v) is 11.1. The van der Waals surface area contributed by atoms with Gasteiger partial charge >= 0.3 is 11.9 Å². The van der Waals surface area contributed by atoms with Crippen molar-refractivity contribution in [1.82, 2.24) is 0 Å². The van der Waals surface area contributed by atoms with E-state index < -0.39 is 17.0 Å². The fourth-order valence-electron chi connectivity index (χ4n) is 7.63. The maximum atomic E-state index is 13.6. The van der Waals surface area contributed by atoms with Gasteiger partial charge in [-0.05, 0) is 61.7 Å². The zero-order chi connectivity index (χ0) is 24.0. The van der Waals surface area contributed by atoms with E-state index in [1.54, 1.807) is 13.8 Å². The summed E-state index contributed by atoms with van der Waals surface area (Å²) in [6.45, 7) is 7.50. The predicted molar refractivity (Wildman–Crippen MR) is 122 cm³/mol. The molecule has 6 heteroatoms. The van der Waals surface area contributed by atoms with Crippen LogP contribution in [0.15, 0.2) is 11.6 Å². The van der Waals surface area contributed by atoms with Crippen molar-refractivity contribution in [3.05, 3.63) is 11.6 Å². The highest BCUT2D eigenvalue weighted by atomic mass is 16.6. The molecule has 33 heavy (non-hydrogen) atoms. The highest BCUT2D eigenvalue weighted by Crippen LogP contribution is 2.67. The number of hydrogen-bond donors (Lipinski definition) is 0. The van der Waals surface area contributed by atoms with E-state index in [1.807, 2.05) is 0 Å². The number of carbonyl (C=O) groups excluding carboxylic acids is 4. The quantitative estimate of drug-likeness (QED) is 0.422. The smallest absolute Gasteiger partial charge is 0.306 e. The number of ketones is 2. The van der Waals surface area contributed by atoms with E-state index in [2.05, 4.69) is 19.9 Å². The number of allylic oxidation sites excluding steroid dienone is 2. The molecule has 0 spiro atoms. The van der Waals surface area contributed by atoms with Gasteiger partial charge in [0.2, 0.25) is 5.78 Å². The minimum Gasteiger partial charge on any atom is -0.457 e. The molecule has 0 aromatic carbocycles. The van der Waals surface area contributed by atoms with Crippen molar-refractivity contribution < 1.29 is 28.7 Å². The average molecular weight is 459 g/mol. The van der Waals surface area contributed by atoms with Gasteiger partial charge in [0, 0.05) is 31.1 Å². The fraction of sp³-hybridized carbons (Fsp3) is 0.778. The molecule has 0 bridgehead atoms. The first-order valence-electron chi connectivity index (χ1n) is 12.7. The van der Waals surface area contributed by atoms with Gasteiger partial charge in [-0.2, -0.15) is 0 Å². The lowest BCUT2D eigenvalue weighted by atomic mass is 9.48. The highest BCUT2D eigenvalue weighted by molar-refractivity contribution is 5.93. The molecule has 0 aromatic rings. The Hall–Kier alpha value is -1.98. The maximum absolute atomic E-state index is 13.6. The Balaban J connectivity index is 1.68. The summed E-state index contributed by atoms with van der Waals surface area (Å²) in [5.41, 5.74) is -0.281. The van der Waals surface area contributed by atoms with E-state index in [1.165, 1.54) is 5.57 Å². The zero-order valence-electron chi connectivity index (χ0n) is 20.5. The molecule has 0 radical (unpaired) electrons. The number of esters is 2. The molecule has 6 nitrogen and oxygen atoms in total. The summed E-state index contributed by atoms with van der Waals surface area (Å²) in [7, 11) is 0. The molecule has 3 saturated carbocycles. The second-order valence-electron chi connectivity index (χ2n) is 11.1. The third kappa shape index (κ3) is 3.68. The average Bonchev–Trinajstić information content (AvgIpc) is 3.10. The van der Waals surface area contributed by atoms with Gasteiger partial charge in [-0.1, -0.05) is 39.3 Å². The first-order chi connectivity index (χ1) is 15.6. The lowest BCUT2D eigenvalue weighted by Gasteiger charge is -2.56. The molecule has 0 amide bonds. The van der Waals surface area contributed by atoms with Crippen molar-refractivity contribution in [2.75, 3.05) is 6.61 Å². The summed E-state index contributed by atoms with van der Waals surface area (Å²) >= 11 is 0. The van der Waals surface area contributed by atoms with Gasteiger partial charge in [0.15, 0.2) is 12.2 Å². The molecule has 0 saturated heterocycles. The molecule has 0 aliphatic heterocycles. The number of fused-ring (bicyclic) bond motifs is 5. The summed E-state index contributed by atoms with van der Waals surface area (Å²) in [6, 6.07) is 0. The Labute approximate surface area is 196 Å². The van der Waals surface area contributed by atoms with Crippen molar-refractivity contribution in [3.63, 3.8) is 0 Å². The molecule has 182 valence electrons. The van der Waals surface area contributed by atoms with Crippen LogP contribution in [0.2, 0.25) is 0 Å². The van der Waals surface area contributed by atoms with Crippen LogP contribution in [0, 0.1) is 28.6 Å². The molecule has 3 fully saturated rings. The Morgan fingerprint density at radius 1 is 1.03 bits per heavy atom. The maximum Gasteiger partial charge on any atom is 0.306 e. The second kappa shape index (κ2) is 8.66. The lowest BCUT2D eigenvalue weighted by molar-refractivity contribution is -0.186. The molecule has 4 aliphatic carbocycles. The van der Waals surface area contributed by atoms with E-state index in [0.717, 1.165) is 25.7 Å². The van der Waals surface area contributed by atoms with E-state index in [9.17, 15) is 19.2 Å². The number of ether oxygens (including phenoxy) is 2. The van der Waals surface area contributed by atoms with Crippen molar-refractivity contribution in [2.24, 2.45) is 28.6 Å². The number of rotatable bonds is 6. The normalized spacial score (nSPS) is 39.6. The van der Waals surface area contributed by atoms with Crippen molar-refractivity contribution >= 4 is 23.5 Å². The lowest BCUT2D eigenvalue weighted by Crippen LogP contribution is -2.58. The van der Waals surface area contributed by atoms with Crippen LogP contribution in [0.4, 0.5) is 0 Å². The van der Waals surface area contributed by atoms with Gasteiger partial charge < -0.3 is 9.47 Å². The number of hydrogen-bond acceptors (Lipinski definition) is 6. The summed E-state index contributed by atoms with van der Waals surface area (Å²) in [5, 5.41) is 0. The Bertz CT molecular complexity index is 889. The molecule has 0 heterocycles. The largest absolute Gasteiger partial charge is 0.457 e. The summed E-state index contributed by atoms with van der Waals surface area (Å²) in [4.78, 5) is 50.0. The van der Waals surface area contributed by atoms with Gasteiger partial charge in [-0.3, -0.25) is 19.2 Å². The minimum atomic E-state index is -1.26. The first kappa shape index (κ1) is 24.2. The Kier molecular flexibility index (Phi) is 6.34. The fourth-order valence-corrected chi connectivity index (χ4v) is 7.63. The van der Waals surface area contributed by atoms with E-state index in [-0.39, 0.29) is 42.5 Å². The molecule has 4 aliphatic rings. The number of carbonyl (C=O) groups is 4. The Morgan fingerprint density at radius 3 is 2.45 bits per heavy atom.